The van der Waals surface area contributed by atoms with Crippen LogP contribution in [0, 0.1) is 0 Å². The molecule has 1 nitrogen and oxygen atoms in total. The molecule has 0 aromatic heterocycles. The zero-order chi connectivity index (χ0) is 7.23. The Morgan fingerprint density at radius 3 is 2.50 bits per heavy atom. The van der Waals surface area contributed by atoms with Crippen LogP contribution in [0.2, 0.25) is 0 Å². The third-order valence-corrected chi connectivity index (χ3v) is 1.53. The molecule has 0 atom stereocenters. The monoisotopic (exact) mass is 248 g/mol. The van der Waals surface area contributed by atoms with Gasteiger partial charge in [0.25, 0.3) is 0 Å². The molecule has 2 heteroatoms. The minimum Gasteiger partial charge on any atom is -0.493 e. The van der Waals surface area contributed by atoms with Crippen LogP contribution in [-0.2, 0) is 0 Å². The van der Waals surface area contributed by atoms with E-state index in [0.717, 1.165) is 16.8 Å². The van der Waals surface area contributed by atoms with E-state index in [4.69, 9.17) is 4.74 Å². The zero-order valence-corrected chi connectivity index (χ0v) is 7.74. The first kappa shape index (κ1) is 7.85. The van der Waals surface area contributed by atoms with Gasteiger partial charge in [-0.05, 0) is 12.1 Å². The lowest BCUT2D eigenvalue weighted by Gasteiger charge is -2.01. The highest BCUT2D eigenvalue weighted by Gasteiger charge is 1.86. The summed E-state index contributed by atoms with van der Waals surface area (Å²) in [5.74, 6) is 0.958. The molecule has 0 amide bonds. The lowest BCUT2D eigenvalue weighted by molar-refractivity contribution is 0.346. The summed E-state index contributed by atoms with van der Waals surface area (Å²) in [6, 6.07) is 9.86. The molecule has 0 aliphatic heterocycles. The molecule has 0 saturated carbocycles. The lowest BCUT2D eigenvalue weighted by Crippen LogP contribution is -1.96. The summed E-state index contributed by atoms with van der Waals surface area (Å²) < 4.78 is 6.38. The predicted octanol–water partition coefficient (Wildman–Crippen LogP) is 2.50. The highest BCUT2D eigenvalue weighted by atomic mass is 127. The molecule has 1 rings (SSSR count). The molecule has 0 aliphatic carbocycles. The molecule has 1 aromatic rings. The van der Waals surface area contributed by atoms with Gasteiger partial charge in [0.2, 0.25) is 0 Å². The van der Waals surface area contributed by atoms with E-state index in [1.807, 2.05) is 30.3 Å². The van der Waals surface area contributed by atoms with Gasteiger partial charge in [-0.25, -0.2) is 0 Å². The van der Waals surface area contributed by atoms with Crippen LogP contribution in [0.25, 0.3) is 0 Å². The molecule has 0 unspecified atom stereocenters. The fourth-order valence-corrected chi connectivity index (χ4v) is 0.893. The number of hydrogen-bond donors (Lipinski definition) is 0. The zero-order valence-electron chi connectivity index (χ0n) is 5.59. The fraction of sp³-hybridized carbons (Fsp3) is 0.250. The van der Waals surface area contributed by atoms with Crippen LogP contribution < -0.4 is 4.74 Å². The number of hydrogen-bond acceptors (Lipinski definition) is 1. The second-order valence-corrected chi connectivity index (χ2v) is 2.93. The summed E-state index contributed by atoms with van der Waals surface area (Å²) in [7, 11) is 0. The molecule has 10 heavy (non-hydrogen) atoms. The first-order valence-electron chi connectivity index (χ1n) is 3.17. The van der Waals surface area contributed by atoms with Gasteiger partial charge in [0, 0.05) is 4.43 Å². The molecule has 0 spiro atoms. The van der Waals surface area contributed by atoms with E-state index < -0.39 is 0 Å². The Labute approximate surface area is 74.5 Å². The van der Waals surface area contributed by atoms with Crippen LogP contribution in [0.3, 0.4) is 0 Å². The molecular formula is C8H9IO. The summed E-state index contributed by atoms with van der Waals surface area (Å²) in [5, 5.41) is 0. The molecule has 0 radical (unpaired) electrons. The van der Waals surface area contributed by atoms with Crippen molar-refractivity contribution in [3.05, 3.63) is 30.3 Å². The summed E-state index contributed by atoms with van der Waals surface area (Å²) in [6.45, 7) is 0.796. The van der Waals surface area contributed by atoms with Crippen LogP contribution in [0.15, 0.2) is 30.3 Å². The normalized spacial score (nSPS) is 9.30. The van der Waals surface area contributed by atoms with E-state index in [2.05, 4.69) is 22.6 Å². The molecule has 0 bridgehead atoms. The summed E-state index contributed by atoms with van der Waals surface area (Å²) in [6.07, 6.45) is 0. The summed E-state index contributed by atoms with van der Waals surface area (Å²) in [5.41, 5.74) is 0. The Bertz CT molecular complexity index is 174. The van der Waals surface area contributed by atoms with Crippen molar-refractivity contribution in [2.75, 3.05) is 11.0 Å². The smallest absolute Gasteiger partial charge is 0.119 e. The van der Waals surface area contributed by atoms with Crippen molar-refractivity contribution in [3.8, 4) is 5.75 Å². The molecule has 0 N–H and O–H groups in total. The Hall–Kier alpha value is -0.250. The fourth-order valence-electron chi connectivity index (χ4n) is 0.673. The second kappa shape index (κ2) is 4.55. The molecular weight excluding hydrogens is 239 g/mol. The number of halogens is 1. The minimum atomic E-state index is 0.796. The van der Waals surface area contributed by atoms with Crippen LogP contribution in [-0.4, -0.2) is 11.0 Å². The van der Waals surface area contributed by atoms with Gasteiger partial charge >= 0.3 is 0 Å². The van der Waals surface area contributed by atoms with Crippen LogP contribution in [0.1, 0.15) is 0 Å². The van der Waals surface area contributed by atoms with Gasteiger partial charge in [0.05, 0.1) is 6.61 Å². The first-order chi connectivity index (χ1) is 4.93. The highest BCUT2D eigenvalue weighted by Crippen LogP contribution is 2.07. The molecule has 0 fully saturated rings. The maximum absolute atomic E-state index is 5.35. The average molecular weight is 248 g/mol. The number of para-hydroxylation sites is 1. The van der Waals surface area contributed by atoms with Gasteiger partial charge < -0.3 is 4.74 Å². The quantitative estimate of drug-likeness (QED) is 0.589. The van der Waals surface area contributed by atoms with E-state index in [1.54, 1.807) is 0 Å². The van der Waals surface area contributed by atoms with E-state index >= 15 is 0 Å². The van der Waals surface area contributed by atoms with Gasteiger partial charge in [0.1, 0.15) is 5.75 Å². The largest absolute Gasteiger partial charge is 0.493 e. The average Bonchev–Trinajstić information content (AvgIpc) is 2.03. The molecule has 0 saturated heterocycles. The second-order valence-electron chi connectivity index (χ2n) is 1.85. The number of alkyl halides is 1. The van der Waals surface area contributed by atoms with Gasteiger partial charge in [0.15, 0.2) is 0 Å². The standard InChI is InChI=1S/C8H9IO/c9-6-7-10-8-4-2-1-3-5-8/h1-5H,6-7H2. The van der Waals surface area contributed by atoms with Gasteiger partial charge in [-0.3, -0.25) is 0 Å². The Morgan fingerprint density at radius 2 is 1.90 bits per heavy atom. The maximum Gasteiger partial charge on any atom is 0.119 e. The summed E-state index contributed by atoms with van der Waals surface area (Å²) >= 11 is 2.29. The van der Waals surface area contributed by atoms with Crippen LogP contribution >= 0.6 is 22.6 Å². The topological polar surface area (TPSA) is 9.23 Å². The Morgan fingerprint density at radius 1 is 1.20 bits per heavy atom. The van der Waals surface area contributed by atoms with E-state index in [0.29, 0.717) is 0 Å². The highest BCUT2D eigenvalue weighted by molar-refractivity contribution is 14.1. The molecule has 1 aromatic carbocycles. The van der Waals surface area contributed by atoms with E-state index in [1.165, 1.54) is 0 Å². The van der Waals surface area contributed by atoms with Crippen molar-refractivity contribution in [2.24, 2.45) is 0 Å². The Kier molecular flexibility index (Phi) is 3.57. The SMILES string of the molecule is ICCOc1ccccc1. The van der Waals surface area contributed by atoms with Crippen molar-refractivity contribution in [1.82, 2.24) is 0 Å². The van der Waals surface area contributed by atoms with Gasteiger partial charge in [-0.2, -0.15) is 0 Å². The predicted molar refractivity (Wildman–Crippen MR) is 50.8 cm³/mol. The number of ether oxygens (including phenoxy) is 1. The molecule has 0 aliphatic rings. The van der Waals surface area contributed by atoms with Crippen molar-refractivity contribution in [3.63, 3.8) is 0 Å². The van der Waals surface area contributed by atoms with Gasteiger partial charge in [-0.15, -0.1) is 0 Å². The Balaban J connectivity index is 2.43. The van der Waals surface area contributed by atoms with E-state index in [9.17, 15) is 0 Å². The lowest BCUT2D eigenvalue weighted by atomic mass is 10.3. The third-order valence-electron chi connectivity index (χ3n) is 1.09. The van der Waals surface area contributed by atoms with Crippen molar-refractivity contribution in [1.29, 1.82) is 0 Å². The van der Waals surface area contributed by atoms with Crippen LogP contribution in [0.5, 0.6) is 5.75 Å². The van der Waals surface area contributed by atoms with Crippen molar-refractivity contribution < 1.29 is 4.74 Å². The minimum absolute atomic E-state index is 0.796. The third kappa shape index (κ3) is 2.56. The number of rotatable bonds is 3. The maximum atomic E-state index is 5.35. The van der Waals surface area contributed by atoms with Crippen LogP contribution in [0.4, 0.5) is 0 Å². The van der Waals surface area contributed by atoms with Crippen molar-refractivity contribution in [2.45, 2.75) is 0 Å². The number of benzene rings is 1. The molecule has 54 valence electrons. The van der Waals surface area contributed by atoms with Gasteiger partial charge in [-0.1, -0.05) is 40.8 Å². The molecule has 0 heterocycles. The summed E-state index contributed by atoms with van der Waals surface area (Å²) in [4.78, 5) is 0. The van der Waals surface area contributed by atoms with E-state index in [-0.39, 0.29) is 0 Å². The van der Waals surface area contributed by atoms with Crippen molar-refractivity contribution >= 4 is 22.6 Å². The first-order valence-corrected chi connectivity index (χ1v) is 4.70.